The molecule has 0 bridgehead atoms. The molecule has 0 N–H and O–H groups in total. The molecule has 0 saturated carbocycles. The van der Waals surface area contributed by atoms with Gasteiger partial charge in [0.15, 0.2) is 5.78 Å². The Morgan fingerprint density at radius 1 is 1.62 bits per heavy atom. The number of thiophene rings is 1. The molecule has 0 radical (unpaired) electrons. The minimum Gasteiger partial charge on any atom is -0.294 e. The summed E-state index contributed by atoms with van der Waals surface area (Å²) in [5.74, 6) is 1.44. The van der Waals surface area contributed by atoms with E-state index in [1.807, 2.05) is 29.3 Å². The van der Waals surface area contributed by atoms with Crippen LogP contribution >= 0.6 is 23.1 Å². The minimum absolute atomic E-state index is 0.275. The molecule has 0 spiro atoms. The van der Waals surface area contributed by atoms with Gasteiger partial charge in [-0.3, -0.25) is 9.69 Å². The van der Waals surface area contributed by atoms with Crippen molar-refractivity contribution in [3.8, 4) is 0 Å². The van der Waals surface area contributed by atoms with E-state index in [2.05, 4.69) is 11.8 Å². The van der Waals surface area contributed by atoms with E-state index in [1.165, 1.54) is 6.42 Å². The largest absolute Gasteiger partial charge is 0.294 e. The van der Waals surface area contributed by atoms with Gasteiger partial charge in [-0.05, 0) is 17.9 Å². The highest BCUT2D eigenvalue weighted by atomic mass is 32.2. The molecule has 0 aliphatic carbocycles. The van der Waals surface area contributed by atoms with Crippen molar-refractivity contribution in [2.24, 2.45) is 0 Å². The van der Waals surface area contributed by atoms with E-state index < -0.39 is 0 Å². The van der Waals surface area contributed by atoms with Crippen LogP contribution in [0.5, 0.6) is 0 Å². The Bertz CT molecular complexity index is 337. The fraction of sp³-hybridized carbons (Fsp3) is 0.583. The second-order valence-corrected chi connectivity index (χ2v) is 6.39. The van der Waals surface area contributed by atoms with E-state index in [0.717, 1.165) is 23.7 Å². The molecule has 0 amide bonds. The molecule has 1 fully saturated rings. The van der Waals surface area contributed by atoms with Gasteiger partial charge in [0.1, 0.15) is 0 Å². The first-order chi connectivity index (χ1) is 7.79. The van der Waals surface area contributed by atoms with Crippen LogP contribution in [0.1, 0.15) is 23.0 Å². The summed E-state index contributed by atoms with van der Waals surface area (Å²) in [6, 6.07) is 3.86. The molecule has 2 rings (SSSR count). The first kappa shape index (κ1) is 12.1. The van der Waals surface area contributed by atoms with Gasteiger partial charge in [0.25, 0.3) is 0 Å². The number of carbonyl (C=O) groups is 1. The lowest BCUT2D eigenvalue weighted by Gasteiger charge is -2.31. The molecule has 1 saturated heterocycles. The Morgan fingerprint density at radius 3 is 3.19 bits per heavy atom. The second-order valence-electron chi connectivity index (χ2n) is 4.04. The molecular weight excluding hydrogens is 238 g/mol. The lowest BCUT2D eigenvalue weighted by Crippen LogP contribution is -2.40. The highest BCUT2D eigenvalue weighted by Crippen LogP contribution is 2.21. The van der Waals surface area contributed by atoms with Crippen LogP contribution in [0.25, 0.3) is 0 Å². The highest BCUT2D eigenvalue weighted by molar-refractivity contribution is 8.00. The average molecular weight is 255 g/mol. The Balaban J connectivity index is 1.87. The van der Waals surface area contributed by atoms with E-state index in [1.54, 1.807) is 11.3 Å². The smallest absolute Gasteiger partial charge is 0.186 e. The van der Waals surface area contributed by atoms with Crippen LogP contribution in [0.4, 0.5) is 0 Å². The maximum absolute atomic E-state index is 11.9. The number of nitrogens with zero attached hydrogens (tertiary/aromatic N) is 1. The van der Waals surface area contributed by atoms with E-state index >= 15 is 0 Å². The Hall–Kier alpha value is -0.320. The van der Waals surface area contributed by atoms with Crippen molar-refractivity contribution in [1.29, 1.82) is 0 Å². The van der Waals surface area contributed by atoms with Crippen LogP contribution in [0.3, 0.4) is 0 Å². The number of rotatable bonds is 4. The zero-order valence-corrected chi connectivity index (χ0v) is 11.1. The molecule has 2 nitrogen and oxygen atoms in total. The van der Waals surface area contributed by atoms with Crippen LogP contribution in [0, 0.1) is 0 Å². The predicted octanol–water partition coefficient (Wildman–Crippen LogP) is 2.76. The second kappa shape index (κ2) is 5.84. The van der Waals surface area contributed by atoms with Crippen molar-refractivity contribution in [2.75, 3.05) is 25.4 Å². The van der Waals surface area contributed by atoms with E-state index in [-0.39, 0.29) is 5.78 Å². The van der Waals surface area contributed by atoms with Crippen LogP contribution in [-0.4, -0.2) is 41.3 Å². The van der Waals surface area contributed by atoms with E-state index in [4.69, 9.17) is 0 Å². The number of thioether (sulfide) groups is 1. The number of Topliss-reactive ketones (excluding diaryl/α,β-unsaturated/α-hetero) is 1. The first-order valence-electron chi connectivity index (χ1n) is 5.70. The van der Waals surface area contributed by atoms with Crippen molar-refractivity contribution in [3.05, 3.63) is 22.4 Å². The number of ketones is 1. The lowest BCUT2D eigenvalue weighted by atomic mass is 10.2. The van der Waals surface area contributed by atoms with Crippen LogP contribution in [-0.2, 0) is 0 Å². The molecule has 1 aromatic rings. The Kier molecular flexibility index (Phi) is 4.44. The topological polar surface area (TPSA) is 20.3 Å². The zero-order chi connectivity index (χ0) is 11.4. The number of hydrogen-bond donors (Lipinski definition) is 0. The van der Waals surface area contributed by atoms with Crippen molar-refractivity contribution < 1.29 is 4.79 Å². The number of hydrogen-bond acceptors (Lipinski definition) is 4. The molecule has 88 valence electrons. The summed E-state index contributed by atoms with van der Waals surface area (Å²) in [7, 11) is 0. The van der Waals surface area contributed by atoms with Gasteiger partial charge in [-0.1, -0.05) is 13.0 Å². The lowest BCUT2D eigenvalue weighted by molar-refractivity contribution is 0.0936. The summed E-state index contributed by atoms with van der Waals surface area (Å²) in [6.45, 7) is 4.94. The molecule has 1 unspecified atom stereocenters. The van der Waals surface area contributed by atoms with Gasteiger partial charge in [-0.2, -0.15) is 11.8 Å². The van der Waals surface area contributed by atoms with Crippen LogP contribution < -0.4 is 0 Å². The maximum Gasteiger partial charge on any atom is 0.186 e. The summed E-state index contributed by atoms with van der Waals surface area (Å²) in [6.07, 6.45) is 1.20. The summed E-state index contributed by atoms with van der Waals surface area (Å²) in [5, 5.41) is 2.68. The van der Waals surface area contributed by atoms with Gasteiger partial charge in [-0.25, -0.2) is 0 Å². The first-order valence-corrected chi connectivity index (χ1v) is 7.63. The van der Waals surface area contributed by atoms with Gasteiger partial charge in [0.2, 0.25) is 0 Å². The molecule has 0 aromatic carbocycles. The van der Waals surface area contributed by atoms with Gasteiger partial charge >= 0.3 is 0 Å². The quantitative estimate of drug-likeness (QED) is 0.772. The molecule has 1 aromatic heterocycles. The van der Waals surface area contributed by atoms with Crippen molar-refractivity contribution >= 4 is 28.9 Å². The molecule has 1 aliphatic rings. The van der Waals surface area contributed by atoms with Gasteiger partial charge in [0.05, 0.1) is 11.4 Å². The van der Waals surface area contributed by atoms with Crippen molar-refractivity contribution in [3.63, 3.8) is 0 Å². The molecule has 1 atom stereocenters. The maximum atomic E-state index is 11.9. The Morgan fingerprint density at radius 2 is 2.50 bits per heavy atom. The standard InChI is InChI=1S/C12H17NOS2/c1-2-10-8-13(5-7-15-10)9-11(14)12-4-3-6-16-12/h3-4,6,10H,2,5,7-9H2,1H3. The summed E-state index contributed by atoms with van der Waals surface area (Å²) in [5.41, 5.74) is 0. The third kappa shape index (κ3) is 3.09. The van der Waals surface area contributed by atoms with Gasteiger partial charge < -0.3 is 0 Å². The Labute approximate surface area is 105 Å². The van der Waals surface area contributed by atoms with E-state index in [9.17, 15) is 4.79 Å². The summed E-state index contributed by atoms with van der Waals surface area (Å²) in [4.78, 5) is 15.1. The molecule has 1 aliphatic heterocycles. The van der Waals surface area contributed by atoms with Gasteiger partial charge in [0, 0.05) is 24.1 Å². The molecule has 16 heavy (non-hydrogen) atoms. The third-order valence-electron chi connectivity index (χ3n) is 2.84. The molecule has 4 heteroatoms. The summed E-state index contributed by atoms with van der Waals surface area (Å²) < 4.78 is 0. The fourth-order valence-electron chi connectivity index (χ4n) is 1.89. The number of carbonyl (C=O) groups excluding carboxylic acids is 1. The van der Waals surface area contributed by atoms with Crippen LogP contribution in [0.15, 0.2) is 17.5 Å². The SMILES string of the molecule is CCC1CN(CC(=O)c2cccs2)CCS1. The van der Waals surface area contributed by atoms with Crippen molar-refractivity contribution in [1.82, 2.24) is 4.90 Å². The van der Waals surface area contributed by atoms with Crippen molar-refractivity contribution in [2.45, 2.75) is 18.6 Å². The van der Waals surface area contributed by atoms with E-state index in [0.29, 0.717) is 11.8 Å². The zero-order valence-electron chi connectivity index (χ0n) is 9.52. The third-order valence-corrected chi connectivity index (χ3v) is 5.12. The molecular formula is C12H17NOS2. The van der Waals surface area contributed by atoms with Gasteiger partial charge in [-0.15, -0.1) is 11.3 Å². The predicted molar refractivity (Wildman–Crippen MR) is 71.6 cm³/mol. The highest BCUT2D eigenvalue weighted by Gasteiger charge is 2.21. The average Bonchev–Trinajstić information content (AvgIpc) is 2.83. The van der Waals surface area contributed by atoms with Crippen LogP contribution in [0.2, 0.25) is 0 Å². The molecule has 2 heterocycles. The minimum atomic E-state index is 0.275. The summed E-state index contributed by atoms with van der Waals surface area (Å²) >= 11 is 3.59. The fourth-order valence-corrected chi connectivity index (χ4v) is 3.79. The monoisotopic (exact) mass is 255 g/mol. The normalized spacial score (nSPS) is 22.2.